The van der Waals surface area contributed by atoms with Crippen molar-refractivity contribution in [3.8, 4) is 0 Å². The quantitative estimate of drug-likeness (QED) is 0.475. The molecule has 0 spiro atoms. The Balaban J connectivity index is 1.66. The molecule has 0 bridgehead atoms. The summed E-state index contributed by atoms with van der Waals surface area (Å²) in [5.41, 5.74) is 0.792. The lowest BCUT2D eigenvalue weighted by molar-refractivity contribution is 0.0650. The molecule has 31 heavy (non-hydrogen) atoms. The van der Waals surface area contributed by atoms with Gasteiger partial charge in [0.15, 0.2) is 5.78 Å². The zero-order chi connectivity index (χ0) is 22.6. The molecule has 1 saturated heterocycles. The van der Waals surface area contributed by atoms with Gasteiger partial charge in [-0.2, -0.15) is 0 Å². The predicted molar refractivity (Wildman–Crippen MR) is 121 cm³/mol. The van der Waals surface area contributed by atoms with E-state index in [2.05, 4.69) is 11.3 Å². The van der Waals surface area contributed by atoms with Gasteiger partial charge in [-0.15, -0.1) is 6.58 Å². The number of nitrogens with one attached hydrogen (secondary N) is 1. The number of ketones is 1. The average molecular weight is 481 g/mol. The monoisotopic (exact) mass is 480 g/mol. The van der Waals surface area contributed by atoms with Crippen molar-refractivity contribution in [1.82, 2.24) is 9.62 Å². The summed E-state index contributed by atoms with van der Waals surface area (Å²) in [5, 5.41) is 0.722. The fourth-order valence-corrected chi connectivity index (χ4v) is 4.80. The van der Waals surface area contributed by atoms with E-state index >= 15 is 0 Å². The van der Waals surface area contributed by atoms with Crippen molar-refractivity contribution in [2.75, 3.05) is 19.6 Å². The molecule has 1 amide bonds. The van der Waals surface area contributed by atoms with Crippen LogP contribution < -0.4 is 4.72 Å². The maximum Gasteiger partial charge on any atom is 0.253 e. The van der Waals surface area contributed by atoms with Crippen LogP contribution in [0.4, 0.5) is 0 Å². The molecule has 0 atom stereocenters. The molecule has 1 N–H and O–H groups in total. The summed E-state index contributed by atoms with van der Waals surface area (Å²) in [6.45, 7) is 4.39. The number of amides is 1. The lowest BCUT2D eigenvalue weighted by Crippen LogP contribution is -2.40. The topological polar surface area (TPSA) is 83.6 Å². The van der Waals surface area contributed by atoms with E-state index in [1.54, 1.807) is 29.2 Å². The van der Waals surface area contributed by atoms with Gasteiger partial charge in [0, 0.05) is 36.7 Å². The van der Waals surface area contributed by atoms with Crippen molar-refractivity contribution >= 4 is 44.9 Å². The normalized spacial score (nSPS) is 15.0. The van der Waals surface area contributed by atoms with Crippen LogP contribution in [0.2, 0.25) is 10.0 Å². The van der Waals surface area contributed by atoms with Crippen molar-refractivity contribution in [3.63, 3.8) is 0 Å². The van der Waals surface area contributed by atoms with E-state index in [-0.39, 0.29) is 34.6 Å². The van der Waals surface area contributed by atoms with E-state index in [9.17, 15) is 18.0 Å². The molecule has 1 aliphatic heterocycles. The fourth-order valence-electron chi connectivity index (χ4n) is 3.46. The number of Topliss-reactive ketones (excluding diaryl/α,β-unsaturated/α-hetero) is 1. The van der Waals surface area contributed by atoms with Crippen LogP contribution in [0.1, 0.15) is 33.6 Å². The summed E-state index contributed by atoms with van der Waals surface area (Å²) in [6, 6.07) is 10.7. The van der Waals surface area contributed by atoms with Crippen LogP contribution in [0.5, 0.6) is 0 Å². The standard InChI is InChI=1S/C22H22Cl2N2O4S/c1-2-10-25-31(29,30)18-5-3-4-17(13-18)22(28)26-11-8-15(9-12-26)21(27)16-6-7-19(23)20(24)14-16/h2-7,13-15,25H,1,8-12H2. The van der Waals surface area contributed by atoms with Gasteiger partial charge in [-0.05, 0) is 49.2 Å². The minimum absolute atomic E-state index is 0.0184. The lowest BCUT2D eigenvalue weighted by atomic mass is 9.88. The van der Waals surface area contributed by atoms with Gasteiger partial charge in [0.2, 0.25) is 10.0 Å². The summed E-state index contributed by atoms with van der Waals surface area (Å²) in [4.78, 5) is 27.3. The molecule has 6 nitrogen and oxygen atoms in total. The van der Waals surface area contributed by atoms with Crippen LogP contribution in [-0.2, 0) is 10.0 Å². The van der Waals surface area contributed by atoms with Crippen LogP contribution in [0.3, 0.4) is 0 Å². The summed E-state index contributed by atoms with van der Waals surface area (Å²) < 4.78 is 27.0. The van der Waals surface area contributed by atoms with Crippen molar-refractivity contribution < 1.29 is 18.0 Å². The van der Waals surface area contributed by atoms with Crippen LogP contribution in [0.15, 0.2) is 60.0 Å². The largest absolute Gasteiger partial charge is 0.339 e. The zero-order valence-electron chi connectivity index (χ0n) is 16.7. The van der Waals surface area contributed by atoms with Gasteiger partial charge in [-0.25, -0.2) is 13.1 Å². The Morgan fingerprint density at radius 1 is 1.06 bits per heavy atom. The SMILES string of the molecule is C=CCNS(=O)(=O)c1cccc(C(=O)N2CCC(C(=O)c3ccc(Cl)c(Cl)c3)CC2)c1. The van der Waals surface area contributed by atoms with Gasteiger partial charge in [0.1, 0.15) is 0 Å². The van der Waals surface area contributed by atoms with Gasteiger partial charge < -0.3 is 4.90 Å². The van der Waals surface area contributed by atoms with Gasteiger partial charge in [0.25, 0.3) is 5.91 Å². The molecule has 2 aromatic carbocycles. The molecule has 0 unspecified atom stereocenters. The number of benzene rings is 2. The lowest BCUT2D eigenvalue weighted by Gasteiger charge is -2.31. The number of nitrogens with zero attached hydrogens (tertiary/aromatic N) is 1. The fraction of sp³-hybridized carbons (Fsp3) is 0.273. The van der Waals surface area contributed by atoms with E-state index in [0.29, 0.717) is 41.5 Å². The molecule has 164 valence electrons. The molecule has 0 saturated carbocycles. The van der Waals surface area contributed by atoms with Gasteiger partial charge in [0.05, 0.1) is 14.9 Å². The van der Waals surface area contributed by atoms with Crippen molar-refractivity contribution in [2.45, 2.75) is 17.7 Å². The highest BCUT2D eigenvalue weighted by molar-refractivity contribution is 7.89. The maximum absolute atomic E-state index is 12.9. The van der Waals surface area contributed by atoms with Crippen molar-refractivity contribution in [2.24, 2.45) is 5.92 Å². The Morgan fingerprint density at radius 3 is 2.42 bits per heavy atom. The number of carbonyl (C=O) groups is 2. The number of piperidine rings is 1. The number of halogens is 2. The third-order valence-electron chi connectivity index (χ3n) is 5.17. The first-order valence-corrected chi connectivity index (χ1v) is 12.0. The second-order valence-corrected chi connectivity index (χ2v) is 9.81. The van der Waals surface area contributed by atoms with Crippen LogP contribution in [0, 0.1) is 5.92 Å². The predicted octanol–water partition coefficient (Wildman–Crippen LogP) is 4.19. The Kier molecular flexibility index (Phi) is 7.54. The summed E-state index contributed by atoms with van der Waals surface area (Å²) >= 11 is 11.9. The Hall–Kier alpha value is -2.19. The Bertz CT molecular complexity index is 1110. The van der Waals surface area contributed by atoms with E-state index in [0.717, 1.165) is 0 Å². The van der Waals surface area contributed by atoms with Gasteiger partial charge in [-0.3, -0.25) is 9.59 Å². The van der Waals surface area contributed by atoms with Crippen LogP contribution in [-0.4, -0.2) is 44.6 Å². The molecule has 2 aromatic rings. The molecule has 1 heterocycles. The molecular formula is C22H22Cl2N2O4S. The number of hydrogen-bond acceptors (Lipinski definition) is 4. The summed E-state index contributed by atoms with van der Waals surface area (Å²) in [7, 11) is -3.72. The second kappa shape index (κ2) is 9.96. The molecular weight excluding hydrogens is 459 g/mol. The summed E-state index contributed by atoms with van der Waals surface area (Å²) in [5.74, 6) is -0.496. The molecule has 0 radical (unpaired) electrons. The molecule has 3 rings (SSSR count). The first-order chi connectivity index (χ1) is 14.7. The number of carbonyl (C=O) groups excluding carboxylic acids is 2. The van der Waals surface area contributed by atoms with Gasteiger partial charge >= 0.3 is 0 Å². The molecule has 0 aliphatic carbocycles. The Morgan fingerprint density at radius 2 is 1.77 bits per heavy atom. The average Bonchev–Trinajstić information content (AvgIpc) is 2.79. The first kappa shape index (κ1) is 23.5. The number of likely N-dealkylation sites (tertiary alicyclic amines) is 1. The Labute approximate surface area is 191 Å². The van der Waals surface area contributed by atoms with Crippen molar-refractivity contribution in [1.29, 1.82) is 0 Å². The summed E-state index contributed by atoms with van der Waals surface area (Å²) in [6.07, 6.45) is 2.48. The molecule has 1 aliphatic rings. The minimum atomic E-state index is -3.72. The molecule has 9 heteroatoms. The highest BCUT2D eigenvalue weighted by atomic mass is 35.5. The van der Waals surface area contributed by atoms with E-state index in [4.69, 9.17) is 23.2 Å². The maximum atomic E-state index is 12.9. The highest BCUT2D eigenvalue weighted by Gasteiger charge is 2.29. The highest BCUT2D eigenvalue weighted by Crippen LogP contribution is 2.27. The van der Waals surface area contributed by atoms with E-state index < -0.39 is 10.0 Å². The smallest absolute Gasteiger partial charge is 0.253 e. The third kappa shape index (κ3) is 5.54. The minimum Gasteiger partial charge on any atom is -0.339 e. The van der Waals surface area contributed by atoms with Crippen LogP contribution in [0.25, 0.3) is 0 Å². The number of hydrogen-bond donors (Lipinski definition) is 1. The number of sulfonamides is 1. The van der Waals surface area contributed by atoms with Gasteiger partial charge in [-0.1, -0.05) is 35.3 Å². The molecule has 0 aromatic heterocycles. The van der Waals surface area contributed by atoms with Crippen LogP contribution >= 0.6 is 23.2 Å². The second-order valence-electron chi connectivity index (χ2n) is 7.23. The third-order valence-corrected chi connectivity index (χ3v) is 7.33. The van der Waals surface area contributed by atoms with E-state index in [1.807, 2.05) is 0 Å². The first-order valence-electron chi connectivity index (χ1n) is 9.72. The zero-order valence-corrected chi connectivity index (χ0v) is 19.0. The van der Waals surface area contributed by atoms with E-state index in [1.165, 1.54) is 24.3 Å². The number of rotatable bonds is 7. The van der Waals surface area contributed by atoms with Crippen molar-refractivity contribution in [3.05, 3.63) is 76.3 Å². The molecule has 1 fully saturated rings.